The van der Waals surface area contributed by atoms with Crippen molar-refractivity contribution in [3.8, 4) is 0 Å². The molecule has 5 heteroatoms. The summed E-state index contributed by atoms with van der Waals surface area (Å²) in [6, 6.07) is 3.85. The van der Waals surface area contributed by atoms with Gasteiger partial charge in [0, 0.05) is 11.3 Å². The fourth-order valence-corrected chi connectivity index (χ4v) is 3.72. The summed E-state index contributed by atoms with van der Waals surface area (Å²) in [6.07, 6.45) is 2.88. The average Bonchev–Trinajstić information content (AvgIpc) is 2.64. The summed E-state index contributed by atoms with van der Waals surface area (Å²) in [4.78, 5) is 1.05. The Morgan fingerprint density at radius 1 is 1.62 bits per heavy atom. The second-order valence-corrected chi connectivity index (χ2v) is 6.73. The molecule has 0 aliphatic rings. The molecule has 0 saturated heterocycles. The average molecular weight is 259 g/mol. The number of hydrogen-bond donors (Lipinski definition) is 1. The Morgan fingerprint density at radius 2 is 2.31 bits per heavy atom. The SMILES string of the molecule is C=CC[C@@H](C)[C@H](Cc1cccs1)S(N)(=O)=O. The molecule has 16 heavy (non-hydrogen) atoms. The second kappa shape index (κ2) is 5.61. The van der Waals surface area contributed by atoms with E-state index in [0.29, 0.717) is 12.8 Å². The van der Waals surface area contributed by atoms with Gasteiger partial charge in [-0.3, -0.25) is 0 Å². The Balaban J connectivity index is 2.84. The van der Waals surface area contributed by atoms with Crippen LogP contribution >= 0.6 is 11.3 Å². The number of nitrogens with two attached hydrogens (primary N) is 1. The first-order valence-electron chi connectivity index (χ1n) is 5.10. The molecule has 2 atom stereocenters. The summed E-state index contributed by atoms with van der Waals surface area (Å²) in [5.74, 6) is -0.00500. The molecule has 0 spiro atoms. The molecule has 1 rings (SSSR count). The van der Waals surface area contributed by atoms with Crippen molar-refractivity contribution < 1.29 is 8.42 Å². The summed E-state index contributed by atoms with van der Waals surface area (Å²) >= 11 is 1.56. The van der Waals surface area contributed by atoms with Crippen molar-refractivity contribution in [2.24, 2.45) is 11.1 Å². The largest absolute Gasteiger partial charge is 0.228 e. The highest BCUT2D eigenvalue weighted by Crippen LogP contribution is 2.21. The molecule has 1 aromatic rings. The Bertz CT molecular complexity index is 423. The van der Waals surface area contributed by atoms with Crippen LogP contribution in [0.5, 0.6) is 0 Å². The van der Waals surface area contributed by atoms with Crippen LogP contribution in [0.4, 0.5) is 0 Å². The highest BCUT2D eigenvalue weighted by atomic mass is 32.2. The minimum Gasteiger partial charge on any atom is -0.228 e. The van der Waals surface area contributed by atoms with Crippen molar-refractivity contribution in [1.82, 2.24) is 0 Å². The number of sulfonamides is 1. The number of rotatable bonds is 6. The van der Waals surface area contributed by atoms with Crippen LogP contribution in [0.25, 0.3) is 0 Å². The van der Waals surface area contributed by atoms with Crippen LogP contribution in [-0.2, 0) is 16.4 Å². The summed E-state index contributed by atoms with van der Waals surface area (Å²) in [5, 5.41) is 6.68. The van der Waals surface area contributed by atoms with E-state index >= 15 is 0 Å². The van der Waals surface area contributed by atoms with Crippen molar-refractivity contribution in [2.45, 2.75) is 25.0 Å². The van der Waals surface area contributed by atoms with Crippen LogP contribution in [-0.4, -0.2) is 13.7 Å². The molecule has 0 amide bonds. The lowest BCUT2D eigenvalue weighted by atomic mass is 10.0. The van der Waals surface area contributed by atoms with Gasteiger partial charge in [0.1, 0.15) is 0 Å². The van der Waals surface area contributed by atoms with Gasteiger partial charge >= 0.3 is 0 Å². The number of primary sulfonamides is 1. The summed E-state index contributed by atoms with van der Waals surface area (Å²) in [6.45, 7) is 5.52. The lowest BCUT2D eigenvalue weighted by Crippen LogP contribution is -2.35. The zero-order valence-electron chi connectivity index (χ0n) is 9.30. The van der Waals surface area contributed by atoms with E-state index in [2.05, 4.69) is 6.58 Å². The highest BCUT2D eigenvalue weighted by Gasteiger charge is 2.27. The maximum atomic E-state index is 11.5. The van der Waals surface area contributed by atoms with Crippen LogP contribution in [0.3, 0.4) is 0 Å². The first-order valence-corrected chi connectivity index (χ1v) is 7.59. The first-order chi connectivity index (χ1) is 7.45. The lowest BCUT2D eigenvalue weighted by Gasteiger charge is -2.20. The predicted molar refractivity (Wildman–Crippen MR) is 68.9 cm³/mol. The molecule has 0 aromatic carbocycles. The number of allylic oxidation sites excluding steroid dienone is 1. The van der Waals surface area contributed by atoms with Crippen LogP contribution in [0.2, 0.25) is 0 Å². The zero-order valence-corrected chi connectivity index (χ0v) is 10.9. The van der Waals surface area contributed by atoms with Gasteiger partial charge in [0.25, 0.3) is 0 Å². The van der Waals surface area contributed by atoms with Gasteiger partial charge in [-0.2, -0.15) is 0 Å². The minimum absolute atomic E-state index is 0.00500. The van der Waals surface area contributed by atoms with E-state index in [1.54, 1.807) is 17.4 Å². The predicted octanol–water partition coefficient (Wildman–Crippen LogP) is 2.16. The topological polar surface area (TPSA) is 60.2 Å². The third kappa shape index (κ3) is 3.73. The highest BCUT2D eigenvalue weighted by molar-refractivity contribution is 7.89. The molecule has 1 aromatic heterocycles. The normalized spacial score (nSPS) is 15.6. The fourth-order valence-electron chi connectivity index (χ4n) is 1.68. The third-order valence-corrected chi connectivity index (χ3v) is 4.95. The molecule has 2 N–H and O–H groups in total. The van der Waals surface area contributed by atoms with Gasteiger partial charge in [0.05, 0.1) is 5.25 Å². The summed E-state index contributed by atoms with van der Waals surface area (Å²) < 4.78 is 23.0. The first kappa shape index (κ1) is 13.4. The van der Waals surface area contributed by atoms with Crippen LogP contribution < -0.4 is 5.14 Å². The van der Waals surface area contributed by atoms with Crippen LogP contribution in [0, 0.1) is 5.92 Å². The quantitative estimate of drug-likeness (QED) is 0.796. The van der Waals surface area contributed by atoms with Crippen molar-refractivity contribution in [1.29, 1.82) is 0 Å². The van der Waals surface area contributed by atoms with Crippen molar-refractivity contribution in [3.05, 3.63) is 35.0 Å². The Morgan fingerprint density at radius 3 is 2.75 bits per heavy atom. The van der Waals surface area contributed by atoms with Gasteiger partial charge in [-0.15, -0.1) is 17.9 Å². The van der Waals surface area contributed by atoms with E-state index in [9.17, 15) is 8.42 Å². The molecule has 0 unspecified atom stereocenters. The van der Waals surface area contributed by atoms with Crippen LogP contribution in [0.1, 0.15) is 18.2 Å². The monoisotopic (exact) mass is 259 g/mol. The van der Waals surface area contributed by atoms with Gasteiger partial charge in [-0.25, -0.2) is 13.6 Å². The van der Waals surface area contributed by atoms with Crippen LogP contribution in [0.15, 0.2) is 30.2 Å². The van der Waals surface area contributed by atoms with Crippen molar-refractivity contribution >= 4 is 21.4 Å². The Hall–Kier alpha value is -0.650. The van der Waals surface area contributed by atoms with Crippen molar-refractivity contribution in [2.75, 3.05) is 0 Å². The molecule has 0 aliphatic heterocycles. The van der Waals surface area contributed by atoms with Gasteiger partial charge in [-0.1, -0.05) is 19.1 Å². The third-order valence-electron chi connectivity index (χ3n) is 2.58. The van der Waals surface area contributed by atoms with E-state index in [1.807, 2.05) is 24.4 Å². The minimum atomic E-state index is -3.50. The summed E-state index contributed by atoms with van der Waals surface area (Å²) in [5.41, 5.74) is 0. The Kier molecular flexibility index (Phi) is 4.70. The van der Waals surface area contributed by atoms with Gasteiger partial charge in [0.15, 0.2) is 0 Å². The maximum absolute atomic E-state index is 11.5. The molecule has 0 aliphatic carbocycles. The summed E-state index contributed by atoms with van der Waals surface area (Å²) in [7, 11) is -3.50. The number of hydrogen-bond acceptors (Lipinski definition) is 3. The van der Waals surface area contributed by atoms with E-state index in [-0.39, 0.29) is 5.92 Å². The molecule has 0 fully saturated rings. The van der Waals surface area contributed by atoms with E-state index in [4.69, 9.17) is 5.14 Å². The molecule has 0 radical (unpaired) electrons. The van der Waals surface area contributed by atoms with Crippen molar-refractivity contribution in [3.63, 3.8) is 0 Å². The van der Waals surface area contributed by atoms with E-state index < -0.39 is 15.3 Å². The fraction of sp³-hybridized carbons (Fsp3) is 0.455. The maximum Gasteiger partial charge on any atom is 0.212 e. The lowest BCUT2D eigenvalue weighted by molar-refractivity contribution is 0.507. The molecule has 0 bridgehead atoms. The van der Waals surface area contributed by atoms with Gasteiger partial charge in [0.2, 0.25) is 10.0 Å². The standard InChI is InChI=1S/C11H17NO2S2/c1-3-5-9(2)11(16(12,13)14)8-10-6-4-7-15-10/h3-4,6-7,9,11H,1,5,8H2,2H3,(H2,12,13,14)/t9-,11+/m1/s1. The molecule has 3 nitrogen and oxygen atoms in total. The smallest absolute Gasteiger partial charge is 0.212 e. The van der Waals surface area contributed by atoms with E-state index in [0.717, 1.165) is 4.88 Å². The zero-order chi connectivity index (χ0) is 12.2. The molecule has 0 saturated carbocycles. The Labute approximate surface area is 101 Å². The number of thiophene rings is 1. The van der Waals surface area contributed by atoms with Gasteiger partial charge in [-0.05, 0) is 23.8 Å². The molecular formula is C11H17NO2S2. The second-order valence-electron chi connectivity index (χ2n) is 3.91. The molecule has 1 heterocycles. The van der Waals surface area contributed by atoms with Gasteiger partial charge < -0.3 is 0 Å². The molecule has 90 valence electrons. The van der Waals surface area contributed by atoms with E-state index in [1.165, 1.54) is 0 Å². The molecular weight excluding hydrogens is 242 g/mol.